The first-order valence-corrected chi connectivity index (χ1v) is 5.94. The Kier molecular flexibility index (Phi) is 5.94. The minimum atomic E-state index is 0.580. The molecule has 2 heteroatoms. The zero-order valence-electron chi connectivity index (χ0n) is 9.17. The Labute approximate surface area is 97.1 Å². The molecule has 1 aromatic carbocycles. The molecule has 0 fully saturated rings. The fourth-order valence-electron chi connectivity index (χ4n) is 1.40. The van der Waals surface area contributed by atoms with Gasteiger partial charge in [-0.3, -0.25) is 0 Å². The third kappa shape index (κ3) is 4.89. The number of anilines is 1. The van der Waals surface area contributed by atoms with Crippen LogP contribution in [0.4, 0.5) is 5.69 Å². The number of allylic oxidation sites excluding steroid dienone is 1. The number of alkyl halides is 1. The van der Waals surface area contributed by atoms with Crippen molar-refractivity contribution in [1.29, 1.82) is 0 Å². The van der Waals surface area contributed by atoms with E-state index in [-0.39, 0.29) is 0 Å². The van der Waals surface area contributed by atoms with Gasteiger partial charge in [0.05, 0.1) is 0 Å². The van der Waals surface area contributed by atoms with Gasteiger partial charge in [-0.1, -0.05) is 37.6 Å². The first-order chi connectivity index (χ1) is 7.36. The largest absolute Gasteiger partial charge is 0.382 e. The zero-order valence-corrected chi connectivity index (χ0v) is 9.93. The molecule has 0 amide bonds. The van der Waals surface area contributed by atoms with Crippen LogP contribution in [0.3, 0.4) is 0 Å². The van der Waals surface area contributed by atoms with Gasteiger partial charge in [0.25, 0.3) is 0 Å². The third-order valence-electron chi connectivity index (χ3n) is 2.17. The third-order valence-corrected chi connectivity index (χ3v) is 2.35. The van der Waals surface area contributed by atoms with E-state index in [0.717, 1.165) is 18.7 Å². The number of rotatable bonds is 6. The number of benzene rings is 1. The van der Waals surface area contributed by atoms with Gasteiger partial charge in [-0.2, -0.15) is 0 Å². The second kappa shape index (κ2) is 7.36. The smallest absolute Gasteiger partial charge is 0.0404 e. The molecule has 1 aromatic rings. The Morgan fingerprint density at radius 1 is 1.20 bits per heavy atom. The molecule has 15 heavy (non-hydrogen) atoms. The molecule has 0 heterocycles. The molecule has 0 aliphatic carbocycles. The van der Waals surface area contributed by atoms with Gasteiger partial charge in [0.2, 0.25) is 0 Å². The Hall–Kier alpha value is -0.950. The monoisotopic (exact) mass is 223 g/mol. The summed E-state index contributed by atoms with van der Waals surface area (Å²) in [5.74, 6) is 0.580. The lowest BCUT2D eigenvalue weighted by Gasteiger charge is -2.04. The molecule has 0 spiro atoms. The van der Waals surface area contributed by atoms with Crippen molar-refractivity contribution in [2.75, 3.05) is 17.7 Å². The summed E-state index contributed by atoms with van der Waals surface area (Å²) in [6, 6.07) is 8.60. The van der Waals surface area contributed by atoms with E-state index < -0.39 is 0 Å². The predicted molar refractivity (Wildman–Crippen MR) is 68.8 cm³/mol. The number of nitrogens with one attached hydrogen (secondary N) is 1. The first kappa shape index (κ1) is 12.1. The lowest BCUT2D eigenvalue weighted by Crippen LogP contribution is -1.98. The highest BCUT2D eigenvalue weighted by Crippen LogP contribution is 2.10. The van der Waals surface area contributed by atoms with Crippen molar-refractivity contribution in [2.45, 2.75) is 19.8 Å². The highest BCUT2D eigenvalue weighted by molar-refractivity contribution is 6.18. The molecule has 0 radical (unpaired) electrons. The van der Waals surface area contributed by atoms with Crippen LogP contribution in [0.15, 0.2) is 36.4 Å². The Morgan fingerprint density at radius 2 is 1.93 bits per heavy atom. The Bertz CT molecular complexity index is 290. The van der Waals surface area contributed by atoms with Gasteiger partial charge >= 0.3 is 0 Å². The number of hydrogen-bond acceptors (Lipinski definition) is 1. The van der Waals surface area contributed by atoms with E-state index in [0.29, 0.717) is 5.88 Å². The van der Waals surface area contributed by atoms with Crippen molar-refractivity contribution in [3.8, 4) is 0 Å². The van der Waals surface area contributed by atoms with Crippen LogP contribution in [0, 0.1) is 0 Å². The SMILES string of the molecule is CCCc1ccc(NC/C=C/CCl)cc1. The van der Waals surface area contributed by atoms with Crippen molar-refractivity contribution in [3.05, 3.63) is 42.0 Å². The van der Waals surface area contributed by atoms with E-state index in [2.05, 4.69) is 36.5 Å². The summed E-state index contributed by atoms with van der Waals surface area (Å²) in [6.45, 7) is 3.03. The second-order valence-corrected chi connectivity index (χ2v) is 3.76. The van der Waals surface area contributed by atoms with Gasteiger partial charge in [-0.25, -0.2) is 0 Å². The van der Waals surface area contributed by atoms with Gasteiger partial charge in [0, 0.05) is 18.1 Å². The highest BCUT2D eigenvalue weighted by Gasteiger charge is 1.91. The highest BCUT2D eigenvalue weighted by atomic mass is 35.5. The van der Waals surface area contributed by atoms with Crippen LogP contribution in [0.25, 0.3) is 0 Å². The van der Waals surface area contributed by atoms with Crippen LogP contribution < -0.4 is 5.32 Å². The second-order valence-electron chi connectivity index (χ2n) is 3.45. The van der Waals surface area contributed by atoms with Crippen LogP contribution in [0.1, 0.15) is 18.9 Å². The standard InChI is InChI=1S/C13H18ClN/c1-2-5-12-6-8-13(9-7-12)15-11-4-3-10-14/h3-4,6-9,15H,2,5,10-11H2,1H3/b4-3+. The summed E-state index contributed by atoms with van der Waals surface area (Å²) >= 11 is 5.52. The van der Waals surface area contributed by atoms with E-state index in [9.17, 15) is 0 Å². The lowest BCUT2D eigenvalue weighted by atomic mass is 10.1. The molecule has 0 bridgehead atoms. The quantitative estimate of drug-likeness (QED) is 0.571. The molecule has 0 saturated carbocycles. The molecule has 0 aliphatic rings. The van der Waals surface area contributed by atoms with Gasteiger partial charge in [0.15, 0.2) is 0 Å². The first-order valence-electron chi connectivity index (χ1n) is 5.40. The molecule has 1 N–H and O–H groups in total. The Balaban J connectivity index is 2.39. The molecule has 0 unspecified atom stereocenters. The normalized spacial score (nSPS) is 10.8. The fourth-order valence-corrected chi connectivity index (χ4v) is 1.53. The van der Waals surface area contributed by atoms with Gasteiger partial charge in [-0.05, 0) is 24.1 Å². The van der Waals surface area contributed by atoms with Crippen LogP contribution in [0.5, 0.6) is 0 Å². The molecular formula is C13H18ClN. The van der Waals surface area contributed by atoms with Crippen LogP contribution in [-0.2, 0) is 6.42 Å². The summed E-state index contributed by atoms with van der Waals surface area (Å²) in [6.07, 6.45) is 6.34. The fraction of sp³-hybridized carbons (Fsp3) is 0.385. The van der Waals surface area contributed by atoms with E-state index in [4.69, 9.17) is 11.6 Å². The molecule has 1 rings (SSSR count). The van der Waals surface area contributed by atoms with E-state index in [1.165, 1.54) is 12.0 Å². The molecule has 0 atom stereocenters. The van der Waals surface area contributed by atoms with Crippen LogP contribution in [-0.4, -0.2) is 12.4 Å². The topological polar surface area (TPSA) is 12.0 Å². The average Bonchev–Trinajstić information content (AvgIpc) is 2.27. The zero-order chi connectivity index (χ0) is 10.9. The average molecular weight is 224 g/mol. The van der Waals surface area contributed by atoms with Gasteiger partial charge < -0.3 is 5.32 Å². The van der Waals surface area contributed by atoms with E-state index >= 15 is 0 Å². The number of hydrogen-bond donors (Lipinski definition) is 1. The molecular weight excluding hydrogens is 206 g/mol. The van der Waals surface area contributed by atoms with Crippen molar-refractivity contribution in [1.82, 2.24) is 0 Å². The van der Waals surface area contributed by atoms with Crippen molar-refractivity contribution in [3.63, 3.8) is 0 Å². The van der Waals surface area contributed by atoms with Gasteiger partial charge in [-0.15, -0.1) is 11.6 Å². The molecule has 1 nitrogen and oxygen atoms in total. The molecule has 0 saturated heterocycles. The molecule has 0 aromatic heterocycles. The summed E-state index contributed by atoms with van der Waals surface area (Å²) in [5.41, 5.74) is 2.56. The van der Waals surface area contributed by atoms with Gasteiger partial charge in [0.1, 0.15) is 0 Å². The summed E-state index contributed by atoms with van der Waals surface area (Å²) in [4.78, 5) is 0. The maximum atomic E-state index is 5.52. The minimum absolute atomic E-state index is 0.580. The maximum absolute atomic E-state index is 5.52. The summed E-state index contributed by atoms with van der Waals surface area (Å²) in [7, 11) is 0. The van der Waals surface area contributed by atoms with Crippen molar-refractivity contribution < 1.29 is 0 Å². The maximum Gasteiger partial charge on any atom is 0.0404 e. The lowest BCUT2D eigenvalue weighted by molar-refractivity contribution is 0.922. The van der Waals surface area contributed by atoms with Crippen molar-refractivity contribution >= 4 is 17.3 Å². The number of aryl methyl sites for hydroxylation is 1. The number of halogens is 1. The Morgan fingerprint density at radius 3 is 2.53 bits per heavy atom. The summed E-state index contributed by atoms with van der Waals surface area (Å²) in [5, 5.41) is 3.30. The summed E-state index contributed by atoms with van der Waals surface area (Å²) < 4.78 is 0. The van der Waals surface area contributed by atoms with Crippen LogP contribution in [0.2, 0.25) is 0 Å². The van der Waals surface area contributed by atoms with Crippen LogP contribution >= 0.6 is 11.6 Å². The minimum Gasteiger partial charge on any atom is -0.382 e. The predicted octanol–water partition coefficient (Wildman–Crippen LogP) is 3.85. The molecule has 82 valence electrons. The molecule has 0 aliphatic heterocycles. The van der Waals surface area contributed by atoms with Crippen molar-refractivity contribution in [2.24, 2.45) is 0 Å². The van der Waals surface area contributed by atoms with E-state index in [1.54, 1.807) is 0 Å². The van der Waals surface area contributed by atoms with E-state index in [1.807, 2.05) is 12.2 Å².